The highest BCUT2D eigenvalue weighted by Crippen LogP contribution is 2.14. The summed E-state index contributed by atoms with van der Waals surface area (Å²) in [5, 5.41) is 2.24. The van der Waals surface area contributed by atoms with E-state index < -0.39 is 17.9 Å². The van der Waals surface area contributed by atoms with Gasteiger partial charge in [-0.1, -0.05) is 13.8 Å². The zero-order chi connectivity index (χ0) is 13.0. The molecule has 0 aromatic heterocycles. The van der Waals surface area contributed by atoms with E-state index in [2.05, 4.69) is 5.32 Å². The van der Waals surface area contributed by atoms with Crippen LogP contribution < -0.4 is 11.1 Å². The predicted molar refractivity (Wildman–Crippen MR) is 61.8 cm³/mol. The van der Waals surface area contributed by atoms with E-state index in [-0.39, 0.29) is 24.9 Å². The first-order chi connectivity index (χ1) is 8.04. The van der Waals surface area contributed by atoms with Gasteiger partial charge in [-0.3, -0.25) is 19.7 Å². The number of rotatable bonds is 4. The summed E-state index contributed by atoms with van der Waals surface area (Å²) in [6, 6.07) is -0.555. The quantitative estimate of drug-likeness (QED) is 0.632. The van der Waals surface area contributed by atoms with Crippen LogP contribution in [0.4, 0.5) is 0 Å². The molecule has 3 amide bonds. The highest BCUT2D eigenvalue weighted by atomic mass is 16.2. The van der Waals surface area contributed by atoms with Crippen molar-refractivity contribution in [1.82, 2.24) is 10.2 Å². The Kier molecular flexibility index (Phi) is 4.62. The van der Waals surface area contributed by atoms with Crippen molar-refractivity contribution in [3.63, 3.8) is 0 Å². The first kappa shape index (κ1) is 13.6. The fraction of sp³-hybridized carbons (Fsp3) is 0.727. The summed E-state index contributed by atoms with van der Waals surface area (Å²) in [4.78, 5) is 36.4. The van der Waals surface area contributed by atoms with Crippen LogP contribution >= 0.6 is 0 Å². The Morgan fingerprint density at radius 3 is 2.65 bits per heavy atom. The highest BCUT2D eigenvalue weighted by Gasteiger charge is 2.37. The molecule has 3 N–H and O–H groups in total. The fourth-order valence-corrected chi connectivity index (χ4v) is 1.98. The maximum absolute atomic E-state index is 12.1. The molecule has 1 aliphatic rings. The van der Waals surface area contributed by atoms with E-state index in [0.29, 0.717) is 12.8 Å². The number of nitrogens with zero attached hydrogens (tertiary/aromatic N) is 1. The molecule has 1 aliphatic heterocycles. The van der Waals surface area contributed by atoms with Crippen molar-refractivity contribution in [2.24, 2.45) is 11.7 Å². The molecule has 1 heterocycles. The van der Waals surface area contributed by atoms with Crippen molar-refractivity contribution in [2.75, 3.05) is 13.1 Å². The minimum atomic E-state index is -0.555. The Bertz CT molecular complexity index is 326. The molecule has 0 radical (unpaired) electrons. The topological polar surface area (TPSA) is 92.5 Å². The Hall–Kier alpha value is -1.43. The third-order valence-electron chi connectivity index (χ3n) is 3.05. The lowest BCUT2D eigenvalue weighted by Crippen LogP contribution is -2.60. The van der Waals surface area contributed by atoms with Gasteiger partial charge in [-0.05, 0) is 12.8 Å². The van der Waals surface area contributed by atoms with Crippen LogP contribution in [0.1, 0.15) is 26.7 Å². The first-order valence-corrected chi connectivity index (χ1v) is 5.89. The zero-order valence-corrected chi connectivity index (χ0v) is 10.2. The summed E-state index contributed by atoms with van der Waals surface area (Å²) >= 11 is 0. The summed E-state index contributed by atoms with van der Waals surface area (Å²) in [7, 11) is 0. The van der Waals surface area contributed by atoms with E-state index >= 15 is 0 Å². The fourth-order valence-electron chi connectivity index (χ4n) is 1.98. The summed E-state index contributed by atoms with van der Waals surface area (Å²) < 4.78 is 0. The Morgan fingerprint density at radius 2 is 2.18 bits per heavy atom. The number of carbonyl (C=O) groups is 3. The molecular weight excluding hydrogens is 222 g/mol. The second-order valence-corrected chi connectivity index (χ2v) is 4.14. The van der Waals surface area contributed by atoms with Crippen LogP contribution in [0.3, 0.4) is 0 Å². The Balaban J connectivity index is 2.88. The van der Waals surface area contributed by atoms with Crippen LogP contribution in [0.15, 0.2) is 0 Å². The van der Waals surface area contributed by atoms with Crippen molar-refractivity contribution >= 4 is 17.7 Å². The molecule has 0 aliphatic carbocycles. The average Bonchev–Trinajstić information content (AvgIpc) is 2.29. The van der Waals surface area contributed by atoms with Crippen molar-refractivity contribution in [1.29, 1.82) is 0 Å². The zero-order valence-electron chi connectivity index (χ0n) is 10.2. The van der Waals surface area contributed by atoms with Crippen molar-refractivity contribution < 1.29 is 14.4 Å². The van der Waals surface area contributed by atoms with E-state index in [1.165, 1.54) is 4.90 Å². The average molecular weight is 241 g/mol. The normalized spacial score (nSPS) is 22.3. The van der Waals surface area contributed by atoms with Gasteiger partial charge in [0, 0.05) is 6.54 Å². The third-order valence-corrected chi connectivity index (χ3v) is 3.05. The second kappa shape index (κ2) is 5.77. The molecule has 17 heavy (non-hydrogen) atoms. The first-order valence-electron chi connectivity index (χ1n) is 5.89. The molecule has 0 bridgehead atoms. The summed E-state index contributed by atoms with van der Waals surface area (Å²) in [6.45, 7) is 3.85. The Labute approximate surface area is 101 Å². The summed E-state index contributed by atoms with van der Waals surface area (Å²) in [5.74, 6) is -1.35. The maximum Gasteiger partial charge on any atom is 0.249 e. The molecule has 2 unspecified atom stereocenters. The lowest BCUT2D eigenvalue weighted by atomic mass is 10.0. The number of nitrogens with two attached hydrogens (primary N) is 1. The lowest BCUT2D eigenvalue weighted by molar-refractivity contribution is -0.152. The SMILES string of the molecule is CCC(CN)C(=O)N1CC(=O)NC(=O)C1CC. The molecule has 2 atom stereocenters. The van der Waals surface area contributed by atoms with Gasteiger partial charge in [-0.2, -0.15) is 0 Å². The predicted octanol–water partition coefficient (Wildman–Crippen LogP) is -0.765. The number of carbonyl (C=O) groups excluding carboxylic acids is 3. The standard InChI is InChI=1S/C11H19N3O3/c1-3-7(5-12)11(17)14-6-9(15)13-10(16)8(14)4-2/h7-8H,3-6,12H2,1-2H3,(H,13,15,16). The van der Waals surface area contributed by atoms with Gasteiger partial charge in [-0.15, -0.1) is 0 Å². The van der Waals surface area contributed by atoms with Crippen LogP contribution in [0, 0.1) is 5.92 Å². The third kappa shape index (κ3) is 2.82. The van der Waals surface area contributed by atoms with E-state index in [1.54, 1.807) is 0 Å². The van der Waals surface area contributed by atoms with Gasteiger partial charge in [0.2, 0.25) is 17.7 Å². The van der Waals surface area contributed by atoms with Crippen LogP contribution in [0.25, 0.3) is 0 Å². The molecule has 0 aromatic rings. The van der Waals surface area contributed by atoms with Crippen molar-refractivity contribution in [3.05, 3.63) is 0 Å². The van der Waals surface area contributed by atoms with E-state index in [9.17, 15) is 14.4 Å². The second-order valence-electron chi connectivity index (χ2n) is 4.14. The molecule has 0 spiro atoms. The van der Waals surface area contributed by atoms with Gasteiger partial charge in [0.05, 0.1) is 5.92 Å². The molecule has 96 valence electrons. The molecule has 0 aromatic carbocycles. The van der Waals surface area contributed by atoms with Crippen LogP contribution in [-0.4, -0.2) is 41.8 Å². The molecule has 6 nitrogen and oxygen atoms in total. The highest BCUT2D eigenvalue weighted by molar-refractivity contribution is 6.04. The van der Waals surface area contributed by atoms with Gasteiger partial charge in [0.1, 0.15) is 12.6 Å². The van der Waals surface area contributed by atoms with Crippen LogP contribution in [0.2, 0.25) is 0 Å². The summed E-state index contributed by atoms with van der Waals surface area (Å²) in [5.41, 5.74) is 5.51. The number of imide groups is 1. The largest absolute Gasteiger partial charge is 0.330 e. The van der Waals surface area contributed by atoms with Crippen molar-refractivity contribution in [2.45, 2.75) is 32.7 Å². The Morgan fingerprint density at radius 1 is 1.53 bits per heavy atom. The maximum atomic E-state index is 12.1. The van der Waals surface area contributed by atoms with Crippen LogP contribution in [-0.2, 0) is 14.4 Å². The lowest BCUT2D eigenvalue weighted by Gasteiger charge is -2.35. The number of amides is 3. The van der Waals surface area contributed by atoms with Gasteiger partial charge >= 0.3 is 0 Å². The number of hydrogen-bond donors (Lipinski definition) is 2. The number of hydrogen-bond acceptors (Lipinski definition) is 4. The smallest absolute Gasteiger partial charge is 0.249 e. The molecular formula is C11H19N3O3. The van der Waals surface area contributed by atoms with Crippen molar-refractivity contribution in [3.8, 4) is 0 Å². The summed E-state index contributed by atoms with van der Waals surface area (Å²) in [6.07, 6.45) is 1.10. The van der Waals surface area contributed by atoms with Gasteiger partial charge in [0.15, 0.2) is 0 Å². The molecule has 6 heteroatoms. The number of piperazine rings is 1. The van der Waals surface area contributed by atoms with E-state index in [1.807, 2.05) is 13.8 Å². The van der Waals surface area contributed by atoms with Gasteiger partial charge in [-0.25, -0.2) is 0 Å². The molecule has 1 rings (SSSR count). The minimum absolute atomic E-state index is 0.0560. The molecule has 0 saturated carbocycles. The van der Waals surface area contributed by atoms with Gasteiger partial charge < -0.3 is 10.6 Å². The number of nitrogens with one attached hydrogen (secondary N) is 1. The molecule has 1 saturated heterocycles. The molecule has 1 fully saturated rings. The monoisotopic (exact) mass is 241 g/mol. The minimum Gasteiger partial charge on any atom is -0.330 e. The van der Waals surface area contributed by atoms with Gasteiger partial charge in [0.25, 0.3) is 0 Å². The van der Waals surface area contributed by atoms with E-state index in [4.69, 9.17) is 5.73 Å². The van der Waals surface area contributed by atoms with E-state index in [0.717, 1.165) is 0 Å². The van der Waals surface area contributed by atoms with Crippen LogP contribution in [0.5, 0.6) is 0 Å².